The molecule has 0 aromatic carbocycles. The van der Waals surface area contributed by atoms with E-state index in [0.717, 1.165) is 0 Å². The second kappa shape index (κ2) is 6.99. The van der Waals surface area contributed by atoms with Crippen LogP contribution in [0, 0.1) is 11.3 Å². The molecule has 2 aliphatic rings. The molecule has 24 heavy (non-hydrogen) atoms. The van der Waals surface area contributed by atoms with Crippen LogP contribution in [-0.4, -0.2) is 90.8 Å². The summed E-state index contributed by atoms with van der Waals surface area (Å²) in [7, 11) is 3.46. The van der Waals surface area contributed by atoms with Crippen molar-refractivity contribution >= 4 is 17.8 Å². The molecule has 0 unspecified atom stereocenters. The van der Waals surface area contributed by atoms with Crippen LogP contribution in [0.5, 0.6) is 0 Å². The Morgan fingerprint density at radius 2 is 1.71 bits per heavy atom. The van der Waals surface area contributed by atoms with Crippen LogP contribution < -0.4 is 0 Å². The lowest BCUT2D eigenvalue weighted by Crippen LogP contribution is -2.47. The summed E-state index contributed by atoms with van der Waals surface area (Å²) < 4.78 is 0. The molecule has 0 N–H and O–H groups in total. The third kappa shape index (κ3) is 3.65. The topological polar surface area (TPSA) is 64.2 Å². The van der Waals surface area contributed by atoms with Crippen molar-refractivity contribution in [2.75, 3.05) is 53.4 Å². The number of hydrogen-bond donors (Lipinski definition) is 0. The van der Waals surface area contributed by atoms with Crippen LogP contribution in [0.15, 0.2) is 0 Å². The van der Waals surface area contributed by atoms with Crippen molar-refractivity contribution in [3.63, 3.8) is 0 Å². The van der Waals surface area contributed by atoms with Crippen LogP contribution >= 0.6 is 0 Å². The van der Waals surface area contributed by atoms with Crippen molar-refractivity contribution in [1.82, 2.24) is 19.6 Å². The zero-order valence-corrected chi connectivity index (χ0v) is 15.5. The minimum absolute atomic E-state index is 0.0596. The summed E-state index contributed by atoms with van der Waals surface area (Å²) in [5.74, 6) is 0.127. The van der Waals surface area contributed by atoms with Gasteiger partial charge in [0.1, 0.15) is 0 Å². The number of amides is 4. The predicted molar refractivity (Wildman–Crippen MR) is 91.4 cm³/mol. The van der Waals surface area contributed by atoms with Gasteiger partial charge in [-0.3, -0.25) is 9.59 Å². The molecule has 2 saturated heterocycles. The van der Waals surface area contributed by atoms with Gasteiger partial charge in [0.2, 0.25) is 11.8 Å². The Morgan fingerprint density at radius 3 is 2.21 bits per heavy atom. The normalized spacial score (nSPS) is 24.8. The number of likely N-dealkylation sites (tertiary alicyclic amines) is 1. The number of carbonyl (C=O) groups is 3. The van der Waals surface area contributed by atoms with Gasteiger partial charge in [0.25, 0.3) is 0 Å². The molecule has 2 rings (SSSR count). The Morgan fingerprint density at radius 1 is 1.12 bits per heavy atom. The molecule has 2 fully saturated rings. The second-order valence-electron chi connectivity index (χ2n) is 7.60. The molecular formula is C17H30N4O3. The van der Waals surface area contributed by atoms with Crippen LogP contribution in [0.25, 0.3) is 0 Å². The molecular weight excluding hydrogens is 308 g/mol. The summed E-state index contributed by atoms with van der Waals surface area (Å²) in [5.41, 5.74) is -0.361. The average Bonchev–Trinajstić information content (AvgIpc) is 2.71. The molecule has 0 saturated carbocycles. The van der Waals surface area contributed by atoms with E-state index in [4.69, 9.17) is 0 Å². The van der Waals surface area contributed by atoms with Crippen LogP contribution in [0.4, 0.5) is 4.79 Å². The van der Waals surface area contributed by atoms with Gasteiger partial charge in [0.15, 0.2) is 0 Å². The highest BCUT2D eigenvalue weighted by Gasteiger charge is 2.47. The number of hydrogen-bond acceptors (Lipinski definition) is 3. The molecule has 1 atom stereocenters. The van der Waals surface area contributed by atoms with E-state index in [1.807, 2.05) is 30.6 Å². The van der Waals surface area contributed by atoms with Crippen LogP contribution in [0.1, 0.15) is 27.2 Å². The van der Waals surface area contributed by atoms with Crippen molar-refractivity contribution < 1.29 is 14.4 Å². The SMILES string of the molecule is CCN1C[C@]2(CC1=O)CN(C(=O)C(C)C)CCN(C(=O)N(C)C)C2. The van der Waals surface area contributed by atoms with Crippen molar-refractivity contribution in [2.45, 2.75) is 27.2 Å². The standard InChI is InChI=1S/C17H30N4O3/c1-6-19-10-17(9-14(19)22)11-20(15(23)13(2)3)7-8-21(12-17)16(24)18(4)5/h13H,6-12H2,1-5H3/t17-/m1/s1. The Labute approximate surface area is 144 Å². The minimum atomic E-state index is -0.361. The molecule has 0 aromatic heterocycles. The van der Waals surface area contributed by atoms with Gasteiger partial charge in [-0.2, -0.15) is 0 Å². The summed E-state index contributed by atoms with van der Waals surface area (Å²) in [5, 5.41) is 0. The molecule has 4 amide bonds. The molecule has 2 heterocycles. The molecule has 7 nitrogen and oxygen atoms in total. The highest BCUT2D eigenvalue weighted by atomic mass is 16.2. The second-order valence-corrected chi connectivity index (χ2v) is 7.60. The molecule has 136 valence electrons. The lowest BCUT2D eigenvalue weighted by Gasteiger charge is -2.34. The maximum absolute atomic E-state index is 12.5. The van der Waals surface area contributed by atoms with Crippen molar-refractivity contribution in [3.05, 3.63) is 0 Å². The maximum Gasteiger partial charge on any atom is 0.319 e. The minimum Gasteiger partial charge on any atom is -0.342 e. The highest BCUT2D eigenvalue weighted by Crippen LogP contribution is 2.35. The molecule has 0 aliphatic carbocycles. The van der Waals surface area contributed by atoms with E-state index < -0.39 is 0 Å². The van der Waals surface area contributed by atoms with Gasteiger partial charge < -0.3 is 19.6 Å². The first-order valence-electron chi connectivity index (χ1n) is 8.72. The fourth-order valence-electron chi connectivity index (χ4n) is 3.74. The van der Waals surface area contributed by atoms with E-state index in [9.17, 15) is 14.4 Å². The molecule has 0 aromatic rings. The van der Waals surface area contributed by atoms with Crippen LogP contribution in [0.3, 0.4) is 0 Å². The first kappa shape index (κ1) is 18.5. The lowest BCUT2D eigenvalue weighted by molar-refractivity contribution is -0.135. The fraction of sp³-hybridized carbons (Fsp3) is 0.824. The van der Waals surface area contributed by atoms with Crippen LogP contribution in [0.2, 0.25) is 0 Å². The van der Waals surface area contributed by atoms with Gasteiger partial charge in [0.05, 0.1) is 0 Å². The summed E-state index contributed by atoms with van der Waals surface area (Å²) >= 11 is 0. The van der Waals surface area contributed by atoms with E-state index in [1.165, 1.54) is 0 Å². The van der Waals surface area contributed by atoms with Crippen LogP contribution in [-0.2, 0) is 9.59 Å². The summed E-state index contributed by atoms with van der Waals surface area (Å²) in [4.78, 5) is 44.4. The maximum atomic E-state index is 12.5. The van der Waals surface area contributed by atoms with Crippen molar-refractivity contribution in [3.8, 4) is 0 Å². The molecule has 1 spiro atoms. The van der Waals surface area contributed by atoms with Gasteiger partial charge in [-0.05, 0) is 6.92 Å². The number of carbonyl (C=O) groups excluding carboxylic acids is 3. The average molecular weight is 338 g/mol. The zero-order chi connectivity index (χ0) is 18.1. The van der Waals surface area contributed by atoms with Gasteiger partial charge in [-0.15, -0.1) is 0 Å². The largest absolute Gasteiger partial charge is 0.342 e. The third-order valence-corrected chi connectivity index (χ3v) is 4.94. The molecule has 2 aliphatic heterocycles. The lowest BCUT2D eigenvalue weighted by atomic mass is 9.85. The quantitative estimate of drug-likeness (QED) is 0.745. The first-order valence-corrected chi connectivity index (χ1v) is 8.72. The monoisotopic (exact) mass is 338 g/mol. The first-order chi connectivity index (χ1) is 11.2. The zero-order valence-electron chi connectivity index (χ0n) is 15.5. The molecule has 0 bridgehead atoms. The number of urea groups is 1. The van der Waals surface area contributed by atoms with Crippen molar-refractivity contribution in [2.24, 2.45) is 11.3 Å². The Bertz CT molecular complexity index is 488. The van der Waals surface area contributed by atoms with Gasteiger partial charge in [-0.25, -0.2) is 4.79 Å². The summed E-state index contributed by atoms with van der Waals surface area (Å²) in [6.07, 6.45) is 0.403. The van der Waals surface area contributed by atoms with E-state index in [0.29, 0.717) is 45.7 Å². The van der Waals surface area contributed by atoms with E-state index >= 15 is 0 Å². The highest BCUT2D eigenvalue weighted by molar-refractivity contribution is 5.81. The van der Waals surface area contributed by atoms with Gasteiger partial charge in [0, 0.05) is 71.1 Å². The van der Waals surface area contributed by atoms with Gasteiger partial charge >= 0.3 is 6.03 Å². The van der Waals surface area contributed by atoms with E-state index in [1.54, 1.807) is 23.9 Å². The Hall–Kier alpha value is -1.79. The molecule has 7 heteroatoms. The van der Waals surface area contributed by atoms with Crippen molar-refractivity contribution in [1.29, 1.82) is 0 Å². The smallest absolute Gasteiger partial charge is 0.319 e. The Balaban J connectivity index is 2.29. The summed E-state index contributed by atoms with van der Waals surface area (Å²) in [6, 6.07) is -0.0596. The summed E-state index contributed by atoms with van der Waals surface area (Å²) in [6.45, 7) is 9.13. The van der Waals surface area contributed by atoms with Gasteiger partial charge in [-0.1, -0.05) is 13.8 Å². The third-order valence-electron chi connectivity index (χ3n) is 4.94. The van der Waals surface area contributed by atoms with E-state index in [-0.39, 0.29) is 29.2 Å². The number of rotatable bonds is 2. The number of nitrogens with zero attached hydrogens (tertiary/aromatic N) is 4. The Kier molecular flexibility index (Phi) is 5.40. The fourth-order valence-corrected chi connectivity index (χ4v) is 3.74. The molecule has 0 radical (unpaired) electrons. The predicted octanol–water partition coefficient (Wildman–Crippen LogP) is 0.707. The van der Waals surface area contributed by atoms with E-state index in [2.05, 4.69) is 0 Å².